The summed E-state index contributed by atoms with van der Waals surface area (Å²) in [6.07, 6.45) is 1.02. The predicted molar refractivity (Wildman–Crippen MR) is 86.8 cm³/mol. The van der Waals surface area contributed by atoms with Crippen molar-refractivity contribution in [2.45, 2.75) is 12.0 Å². The van der Waals surface area contributed by atoms with Crippen LogP contribution in [-0.4, -0.2) is 48.6 Å². The maximum Gasteiger partial charge on any atom is 0.319 e. The Balaban J connectivity index is 1.94. The van der Waals surface area contributed by atoms with E-state index in [0.717, 1.165) is 17.9 Å². The number of nitrogens with one attached hydrogen (secondary N) is 2. The van der Waals surface area contributed by atoms with Crippen LogP contribution < -0.4 is 10.6 Å². The number of thioether (sulfide) groups is 1. The van der Waals surface area contributed by atoms with Crippen LogP contribution in [0.5, 0.6) is 0 Å². The molecular formula is C14H19ClFN3OS. The van der Waals surface area contributed by atoms with Crippen molar-refractivity contribution in [3.63, 3.8) is 0 Å². The van der Waals surface area contributed by atoms with Gasteiger partial charge in [0.15, 0.2) is 5.82 Å². The lowest BCUT2D eigenvalue weighted by Crippen LogP contribution is -2.53. The molecular weight excluding hydrogens is 313 g/mol. The first kappa shape index (κ1) is 16.4. The molecule has 1 aromatic rings. The van der Waals surface area contributed by atoms with E-state index in [1.807, 2.05) is 25.9 Å². The van der Waals surface area contributed by atoms with Crippen molar-refractivity contribution < 1.29 is 9.18 Å². The summed E-state index contributed by atoms with van der Waals surface area (Å²) >= 11 is 7.56. The lowest BCUT2D eigenvalue weighted by atomic mass is 9.97. The summed E-state index contributed by atoms with van der Waals surface area (Å²) in [5, 5.41) is 5.31. The minimum atomic E-state index is -0.618. The molecule has 2 amide bonds. The van der Waals surface area contributed by atoms with Gasteiger partial charge in [-0.2, -0.15) is 11.8 Å². The summed E-state index contributed by atoms with van der Waals surface area (Å²) in [5.74, 6) is 1.45. The zero-order chi connectivity index (χ0) is 15.5. The molecule has 0 aliphatic carbocycles. The van der Waals surface area contributed by atoms with Gasteiger partial charge in [0.05, 0.1) is 10.7 Å². The SMILES string of the molecule is CN(C)[C@@]1(CNC(=O)Nc2cccc(Cl)c2F)CCSC1. The summed E-state index contributed by atoms with van der Waals surface area (Å²) in [6, 6.07) is 4.09. The molecule has 4 nitrogen and oxygen atoms in total. The Morgan fingerprint density at radius 1 is 1.52 bits per heavy atom. The van der Waals surface area contributed by atoms with E-state index in [2.05, 4.69) is 15.5 Å². The van der Waals surface area contributed by atoms with Crippen LogP contribution >= 0.6 is 23.4 Å². The van der Waals surface area contributed by atoms with Crippen molar-refractivity contribution in [3.05, 3.63) is 29.0 Å². The third-order valence-corrected chi connectivity index (χ3v) is 5.34. The van der Waals surface area contributed by atoms with Crippen molar-refractivity contribution in [1.82, 2.24) is 10.2 Å². The van der Waals surface area contributed by atoms with Gasteiger partial charge in [-0.1, -0.05) is 17.7 Å². The van der Waals surface area contributed by atoms with Gasteiger partial charge < -0.3 is 15.5 Å². The average molecular weight is 332 g/mol. The Bertz CT molecular complexity index is 521. The van der Waals surface area contributed by atoms with Gasteiger partial charge in [0.1, 0.15) is 0 Å². The highest BCUT2D eigenvalue weighted by Gasteiger charge is 2.36. The summed E-state index contributed by atoms with van der Waals surface area (Å²) in [6.45, 7) is 0.529. The lowest BCUT2D eigenvalue weighted by molar-refractivity contribution is 0.176. The number of anilines is 1. The van der Waals surface area contributed by atoms with Gasteiger partial charge >= 0.3 is 6.03 Å². The van der Waals surface area contributed by atoms with E-state index in [1.165, 1.54) is 12.1 Å². The van der Waals surface area contributed by atoms with Gasteiger partial charge in [-0.25, -0.2) is 9.18 Å². The van der Waals surface area contributed by atoms with E-state index in [0.29, 0.717) is 6.54 Å². The third-order valence-electron chi connectivity index (χ3n) is 3.81. The minimum absolute atomic E-state index is 0.00949. The number of likely N-dealkylation sites (N-methyl/N-ethyl adjacent to an activating group) is 1. The second-order valence-electron chi connectivity index (χ2n) is 5.33. The van der Waals surface area contributed by atoms with Gasteiger partial charge in [0.2, 0.25) is 0 Å². The fourth-order valence-electron chi connectivity index (χ4n) is 2.26. The number of hydrogen-bond donors (Lipinski definition) is 2. The molecule has 0 bridgehead atoms. The number of carbonyl (C=O) groups is 1. The molecule has 1 saturated heterocycles. The zero-order valence-corrected chi connectivity index (χ0v) is 13.7. The Labute approximate surface area is 133 Å². The van der Waals surface area contributed by atoms with Crippen LogP contribution in [0.3, 0.4) is 0 Å². The Kier molecular flexibility index (Phi) is 5.35. The normalized spacial score (nSPS) is 21.6. The molecule has 21 heavy (non-hydrogen) atoms. The van der Waals surface area contributed by atoms with Crippen LogP contribution in [0.2, 0.25) is 5.02 Å². The van der Waals surface area contributed by atoms with Gasteiger partial charge in [-0.3, -0.25) is 0 Å². The quantitative estimate of drug-likeness (QED) is 0.891. The first-order valence-electron chi connectivity index (χ1n) is 6.69. The molecule has 0 spiro atoms. The first-order valence-corrected chi connectivity index (χ1v) is 8.22. The van der Waals surface area contributed by atoms with Crippen molar-refractivity contribution in [3.8, 4) is 0 Å². The second-order valence-corrected chi connectivity index (χ2v) is 6.84. The van der Waals surface area contributed by atoms with Gasteiger partial charge in [-0.15, -0.1) is 0 Å². The van der Waals surface area contributed by atoms with E-state index in [4.69, 9.17) is 11.6 Å². The van der Waals surface area contributed by atoms with E-state index in [1.54, 1.807) is 6.07 Å². The fraction of sp³-hybridized carbons (Fsp3) is 0.500. The topological polar surface area (TPSA) is 44.4 Å². The highest BCUT2D eigenvalue weighted by atomic mass is 35.5. The third kappa shape index (κ3) is 3.81. The number of rotatable bonds is 4. The van der Waals surface area contributed by atoms with Crippen molar-refractivity contribution >= 4 is 35.1 Å². The van der Waals surface area contributed by atoms with E-state index in [-0.39, 0.29) is 16.2 Å². The predicted octanol–water partition coefficient (Wildman–Crippen LogP) is 3.04. The number of urea groups is 1. The van der Waals surface area contributed by atoms with Crippen molar-refractivity contribution in [1.29, 1.82) is 0 Å². The van der Waals surface area contributed by atoms with Crippen molar-refractivity contribution in [2.75, 3.05) is 37.5 Å². The van der Waals surface area contributed by atoms with Crippen LogP contribution in [0, 0.1) is 5.82 Å². The smallest absolute Gasteiger partial charge is 0.319 e. The molecule has 1 aliphatic rings. The molecule has 7 heteroatoms. The second kappa shape index (κ2) is 6.85. The number of hydrogen-bond acceptors (Lipinski definition) is 3. The summed E-state index contributed by atoms with van der Waals surface area (Å²) in [4.78, 5) is 14.1. The molecule has 0 aromatic heterocycles. The number of nitrogens with zero attached hydrogens (tertiary/aromatic N) is 1. The molecule has 1 fully saturated rings. The largest absolute Gasteiger partial charge is 0.336 e. The van der Waals surface area contributed by atoms with Gasteiger partial charge in [0.25, 0.3) is 0 Å². The molecule has 2 N–H and O–H groups in total. The number of benzene rings is 1. The van der Waals surface area contributed by atoms with Crippen molar-refractivity contribution in [2.24, 2.45) is 0 Å². The molecule has 0 unspecified atom stereocenters. The molecule has 1 aliphatic heterocycles. The summed E-state index contributed by atoms with van der Waals surface area (Å²) in [7, 11) is 4.03. The highest BCUT2D eigenvalue weighted by molar-refractivity contribution is 7.99. The van der Waals surface area contributed by atoms with Crippen LogP contribution in [0.4, 0.5) is 14.9 Å². The minimum Gasteiger partial charge on any atom is -0.336 e. The van der Waals surface area contributed by atoms with E-state index in [9.17, 15) is 9.18 Å². The maximum atomic E-state index is 13.7. The van der Waals surface area contributed by atoms with Crippen LogP contribution in [0.1, 0.15) is 6.42 Å². The summed E-state index contributed by atoms with van der Waals surface area (Å²) < 4.78 is 13.7. The lowest BCUT2D eigenvalue weighted by Gasteiger charge is -2.35. The highest BCUT2D eigenvalue weighted by Crippen LogP contribution is 2.31. The molecule has 1 aromatic carbocycles. The monoisotopic (exact) mass is 331 g/mol. The van der Waals surface area contributed by atoms with Crippen LogP contribution in [0.15, 0.2) is 18.2 Å². The van der Waals surface area contributed by atoms with Crippen LogP contribution in [-0.2, 0) is 0 Å². The average Bonchev–Trinajstić information content (AvgIpc) is 2.92. The fourth-order valence-corrected chi connectivity index (χ4v) is 3.99. The maximum absolute atomic E-state index is 13.7. The molecule has 0 saturated carbocycles. The van der Waals surface area contributed by atoms with E-state index >= 15 is 0 Å². The Morgan fingerprint density at radius 3 is 2.90 bits per heavy atom. The summed E-state index contributed by atoms with van der Waals surface area (Å²) in [5.41, 5.74) is 0.0502. The first-order chi connectivity index (χ1) is 9.94. The number of amides is 2. The van der Waals surface area contributed by atoms with Gasteiger partial charge in [0, 0.05) is 17.8 Å². The zero-order valence-electron chi connectivity index (χ0n) is 12.1. The Morgan fingerprint density at radius 2 is 2.29 bits per heavy atom. The molecule has 1 atom stereocenters. The number of halogens is 2. The van der Waals surface area contributed by atoms with Gasteiger partial charge in [-0.05, 0) is 38.4 Å². The molecule has 116 valence electrons. The van der Waals surface area contributed by atoms with Crippen LogP contribution in [0.25, 0.3) is 0 Å². The van der Waals surface area contributed by atoms with E-state index < -0.39 is 11.8 Å². The molecule has 1 heterocycles. The molecule has 0 radical (unpaired) electrons. The Hall–Kier alpha value is -0.980. The standard InChI is InChI=1S/C14H19ClFN3OS/c1-19(2)14(6-7-21-9-14)8-17-13(20)18-11-5-3-4-10(15)12(11)16/h3-5H,6-9H2,1-2H3,(H2,17,18,20)/t14-/m1/s1. The molecule has 2 rings (SSSR count). The number of carbonyl (C=O) groups excluding carboxylic acids is 1.